The molecule has 1 atom stereocenters. The van der Waals surface area contributed by atoms with Crippen LogP contribution < -0.4 is 10.2 Å². The van der Waals surface area contributed by atoms with Crippen molar-refractivity contribution in [3.05, 3.63) is 59.7 Å². The maximum absolute atomic E-state index is 12.9. The van der Waals surface area contributed by atoms with E-state index in [0.29, 0.717) is 6.42 Å². The molecule has 5 heteroatoms. The average Bonchev–Trinajstić information content (AvgIpc) is 3.29. The predicted molar refractivity (Wildman–Crippen MR) is 107 cm³/mol. The van der Waals surface area contributed by atoms with Crippen LogP contribution in [0.2, 0.25) is 0 Å². The van der Waals surface area contributed by atoms with Crippen LogP contribution in [0, 0.1) is 0 Å². The van der Waals surface area contributed by atoms with Gasteiger partial charge in [-0.2, -0.15) is 0 Å². The molecule has 0 spiro atoms. The van der Waals surface area contributed by atoms with Gasteiger partial charge >= 0.3 is 0 Å². The third-order valence-corrected chi connectivity index (χ3v) is 5.42. The number of anilines is 2. The molecule has 0 bridgehead atoms. The number of carbonyl (C=O) groups is 2. The average molecular weight is 363 g/mol. The summed E-state index contributed by atoms with van der Waals surface area (Å²) in [6.45, 7) is 4.71. The normalized spacial score (nSPS) is 19.1. The molecule has 0 aromatic heterocycles. The van der Waals surface area contributed by atoms with Crippen LogP contribution in [0.5, 0.6) is 0 Å². The van der Waals surface area contributed by atoms with Gasteiger partial charge in [0.05, 0.1) is 0 Å². The fourth-order valence-corrected chi connectivity index (χ4v) is 4.16. The lowest BCUT2D eigenvalue weighted by molar-refractivity contribution is -0.122. The maximum Gasteiger partial charge on any atom is 0.247 e. The number of benzene rings is 2. The monoisotopic (exact) mass is 363 g/mol. The van der Waals surface area contributed by atoms with Crippen molar-refractivity contribution < 1.29 is 9.59 Å². The molecular weight excluding hydrogens is 338 g/mol. The molecule has 1 fully saturated rings. The maximum atomic E-state index is 12.9. The van der Waals surface area contributed by atoms with Gasteiger partial charge < -0.3 is 5.32 Å². The van der Waals surface area contributed by atoms with E-state index < -0.39 is 6.04 Å². The van der Waals surface area contributed by atoms with Crippen LogP contribution in [0.25, 0.3) is 0 Å². The van der Waals surface area contributed by atoms with Crippen molar-refractivity contribution in [2.75, 3.05) is 23.3 Å². The summed E-state index contributed by atoms with van der Waals surface area (Å²) in [7, 11) is 0. The topological polar surface area (TPSA) is 52.7 Å². The molecular formula is C22H25N3O2. The Balaban J connectivity index is 1.48. The van der Waals surface area contributed by atoms with Crippen LogP contribution in [-0.4, -0.2) is 35.8 Å². The number of carbonyl (C=O) groups excluding carboxylic acids is 2. The summed E-state index contributed by atoms with van der Waals surface area (Å²) in [6, 6.07) is 15.3. The summed E-state index contributed by atoms with van der Waals surface area (Å²) >= 11 is 0. The van der Waals surface area contributed by atoms with Gasteiger partial charge in [0.2, 0.25) is 11.8 Å². The summed E-state index contributed by atoms with van der Waals surface area (Å²) in [6.07, 6.45) is 3.08. The Bertz CT molecular complexity index is 858. The first-order chi connectivity index (χ1) is 13.1. The quantitative estimate of drug-likeness (QED) is 0.908. The summed E-state index contributed by atoms with van der Waals surface area (Å²) in [5, 5.41) is 3.02. The summed E-state index contributed by atoms with van der Waals surface area (Å²) in [5.41, 5.74) is 3.87. The van der Waals surface area contributed by atoms with Crippen molar-refractivity contribution in [3.63, 3.8) is 0 Å². The second-order valence-corrected chi connectivity index (χ2v) is 7.41. The molecule has 4 rings (SSSR count). The number of nitrogens with one attached hydrogen (secondary N) is 1. The molecule has 0 saturated carbocycles. The molecule has 140 valence electrons. The minimum absolute atomic E-state index is 0.108. The number of likely N-dealkylation sites (tertiary alicyclic amines) is 1. The highest BCUT2D eigenvalue weighted by atomic mass is 16.2. The van der Waals surface area contributed by atoms with Gasteiger partial charge in [-0.25, -0.2) is 0 Å². The zero-order valence-corrected chi connectivity index (χ0v) is 15.6. The largest absolute Gasteiger partial charge is 0.324 e. The fraction of sp³-hybridized carbons (Fsp3) is 0.364. The highest BCUT2D eigenvalue weighted by Crippen LogP contribution is 2.32. The number of rotatable bonds is 4. The molecule has 1 N–H and O–H groups in total. The second kappa shape index (κ2) is 7.53. The van der Waals surface area contributed by atoms with E-state index in [0.717, 1.165) is 36.6 Å². The number of nitrogens with zero attached hydrogens (tertiary/aromatic N) is 2. The highest BCUT2D eigenvalue weighted by molar-refractivity contribution is 6.06. The SMILES string of the molecule is CC(=O)N1c2ccccc2CC1C(=O)Nc1cccc(CN2CCCC2)c1. The zero-order chi connectivity index (χ0) is 18.8. The van der Waals surface area contributed by atoms with Gasteiger partial charge in [-0.1, -0.05) is 30.3 Å². The van der Waals surface area contributed by atoms with Crippen LogP contribution in [0.4, 0.5) is 11.4 Å². The molecule has 0 aliphatic carbocycles. The number of fused-ring (bicyclic) bond motifs is 1. The predicted octanol–water partition coefficient (Wildman–Crippen LogP) is 3.20. The van der Waals surface area contributed by atoms with Gasteiger partial charge in [-0.3, -0.25) is 19.4 Å². The number of hydrogen-bond donors (Lipinski definition) is 1. The zero-order valence-electron chi connectivity index (χ0n) is 15.6. The van der Waals surface area contributed by atoms with Gasteiger partial charge in [0.25, 0.3) is 0 Å². The smallest absolute Gasteiger partial charge is 0.247 e. The molecule has 2 aliphatic rings. The minimum Gasteiger partial charge on any atom is -0.324 e. The summed E-state index contributed by atoms with van der Waals surface area (Å²) in [5.74, 6) is -0.248. The van der Waals surface area contributed by atoms with E-state index in [1.165, 1.54) is 25.3 Å². The molecule has 5 nitrogen and oxygen atoms in total. The van der Waals surface area contributed by atoms with Crippen molar-refractivity contribution in [2.24, 2.45) is 0 Å². The summed E-state index contributed by atoms with van der Waals surface area (Å²) < 4.78 is 0. The van der Waals surface area contributed by atoms with E-state index in [2.05, 4.69) is 16.3 Å². The second-order valence-electron chi connectivity index (χ2n) is 7.41. The molecule has 2 amide bonds. The van der Waals surface area contributed by atoms with Crippen molar-refractivity contribution in [1.29, 1.82) is 0 Å². The van der Waals surface area contributed by atoms with Gasteiger partial charge in [0.1, 0.15) is 6.04 Å². The van der Waals surface area contributed by atoms with Crippen LogP contribution in [0.15, 0.2) is 48.5 Å². The van der Waals surface area contributed by atoms with Gasteiger partial charge in [-0.05, 0) is 55.3 Å². The lowest BCUT2D eigenvalue weighted by Crippen LogP contribution is -2.44. The highest BCUT2D eigenvalue weighted by Gasteiger charge is 2.36. The number of para-hydroxylation sites is 1. The molecule has 27 heavy (non-hydrogen) atoms. The molecule has 2 aliphatic heterocycles. The van der Waals surface area contributed by atoms with E-state index in [9.17, 15) is 9.59 Å². The van der Waals surface area contributed by atoms with Gasteiger partial charge in [0.15, 0.2) is 0 Å². The lowest BCUT2D eigenvalue weighted by atomic mass is 10.1. The Morgan fingerprint density at radius 3 is 2.63 bits per heavy atom. The third-order valence-electron chi connectivity index (χ3n) is 5.42. The fourth-order valence-electron chi connectivity index (χ4n) is 4.16. The molecule has 2 aromatic carbocycles. The van der Waals surface area contributed by atoms with Crippen LogP contribution in [0.3, 0.4) is 0 Å². The van der Waals surface area contributed by atoms with E-state index in [4.69, 9.17) is 0 Å². The van der Waals surface area contributed by atoms with Crippen molar-refractivity contribution in [3.8, 4) is 0 Å². The Hall–Kier alpha value is -2.66. The molecule has 2 aromatic rings. The standard InChI is InChI=1S/C22H25N3O2/c1-16(26)25-20-10-3-2-8-18(20)14-21(25)22(27)23-19-9-6-7-17(13-19)15-24-11-4-5-12-24/h2-3,6-10,13,21H,4-5,11-12,14-15H2,1H3,(H,23,27). The van der Waals surface area contributed by atoms with Gasteiger partial charge in [-0.15, -0.1) is 0 Å². The lowest BCUT2D eigenvalue weighted by Gasteiger charge is -2.23. The minimum atomic E-state index is -0.498. The van der Waals surface area contributed by atoms with E-state index in [1.807, 2.05) is 42.5 Å². The number of amides is 2. The Morgan fingerprint density at radius 2 is 1.85 bits per heavy atom. The number of hydrogen-bond acceptors (Lipinski definition) is 3. The van der Waals surface area contributed by atoms with Crippen LogP contribution in [0.1, 0.15) is 30.9 Å². The van der Waals surface area contributed by atoms with Crippen molar-refractivity contribution >= 4 is 23.2 Å². The molecule has 1 saturated heterocycles. The molecule has 2 heterocycles. The summed E-state index contributed by atoms with van der Waals surface area (Å²) in [4.78, 5) is 29.1. The third kappa shape index (κ3) is 3.74. The van der Waals surface area contributed by atoms with E-state index >= 15 is 0 Å². The van der Waals surface area contributed by atoms with E-state index in [-0.39, 0.29) is 11.8 Å². The van der Waals surface area contributed by atoms with Crippen molar-refractivity contribution in [2.45, 2.75) is 38.8 Å². The van der Waals surface area contributed by atoms with E-state index in [1.54, 1.807) is 4.90 Å². The molecule has 1 unspecified atom stereocenters. The van der Waals surface area contributed by atoms with Crippen molar-refractivity contribution in [1.82, 2.24) is 4.90 Å². The Kier molecular flexibility index (Phi) is 4.94. The first-order valence-electron chi connectivity index (χ1n) is 9.62. The Labute approximate surface area is 160 Å². The van der Waals surface area contributed by atoms with Crippen LogP contribution in [-0.2, 0) is 22.6 Å². The molecule has 0 radical (unpaired) electrons. The first-order valence-corrected chi connectivity index (χ1v) is 9.62. The Morgan fingerprint density at radius 1 is 1.07 bits per heavy atom. The van der Waals surface area contributed by atoms with Crippen LogP contribution >= 0.6 is 0 Å². The van der Waals surface area contributed by atoms with Gasteiger partial charge in [0, 0.05) is 31.3 Å². The first kappa shape index (κ1) is 17.7.